The van der Waals surface area contributed by atoms with Crippen LogP contribution in [0.3, 0.4) is 0 Å². The molecule has 0 bridgehead atoms. The van der Waals surface area contributed by atoms with Crippen LogP contribution in [0.4, 0.5) is 0 Å². The zero-order chi connectivity index (χ0) is 11.6. The highest BCUT2D eigenvalue weighted by Gasteiger charge is 1.98. The minimum absolute atomic E-state index is 0.00362. The molecule has 0 aliphatic heterocycles. The second-order valence-corrected chi connectivity index (χ2v) is 4.60. The van der Waals surface area contributed by atoms with Gasteiger partial charge in [0.25, 0.3) is 0 Å². The number of rotatable bonds is 7. The van der Waals surface area contributed by atoms with Gasteiger partial charge < -0.3 is 0 Å². The smallest absolute Gasteiger partial charge is 0.240 e. The lowest BCUT2D eigenvalue weighted by molar-refractivity contribution is -0.121. The topological polar surface area (TPSA) is 41.5 Å². The molecule has 0 spiro atoms. The van der Waals surface area contributed by atoms with Gasteiger partial charge in [-0.2, -0.15) is 5.10 Å². The van der Waals surface area contributed by atoms with Crippen LogP contribution < -0.4 is 5.43 Å². The van der Waals surface area contributed by atoms with Crippen LogP contribution in [0.15, 0.2) is 22.6 Å². The van der Waals surface area contributed by atoms with E-state index >= 15 is 0 Å². The average molecular weight is 238 g/mol. The molecule has 1 rings (SSSR count). The predicted molar refractivity (Wildman–Crippen MR) is 68.8 cm³/mol. The van der Waals surface area contributed by atoms with Crippen molar-refractivity contribution in [3.8, 4) is 0 Å². The van der Waals surface area contributed by atoms with Crippen LogP contribution in [0.5, 0.6) is 0 Å². The summed E-state index contributed by atoms with van der Waals surface area (Å²) >= 11 is 1.60. The van der Waals surface area contributed by atoms with Crippen LogP contribution in [0.2, 0.25) is 0 Å². The van der Waals surface area contributed by atoms with Gasteiger partial charge in [0, 0.05) is 11.3 Å². The van der Waals surface area contributed by atoms with Crippen molar-refractivity contribution in [2.45, 2.75) is 39.0 Å². The molecule has 0 atom stereocenters. The molecule has 1 amide bonds. The highest BCUT2D eigenvalue weighted by molar-refractivity contribution is 7.11. The summed E-state index contributed by atoms with van der Waals surface area (Å²) in [5.41, 5.74) is 2.54. The minimum atomic E-state index is 0.00362. The third-order valence-corrected chi connectivity index (χ3v) is 2.99. The Morgan fingerprint density at radius 2 is 2.38 bits per heavy atom. The first-order valence-corrected chi connectivity index (χ1v) is 6.56. The number of hydrogen-bond donors (Lipinski definition) is 1. The van der Waals surface area contributed by atoms with Crippen LogP contribution in [0, 0.1) is 0 Å². The van der Waals surface area contributed by atoms with E-state index in [0.717, 1.165) is 17.7 Å². The molecule has 0 saturated heterocycles. The Morgan fingerprint density at radius 3 is 3.06 bits per heavy atom. The van der Waals surface area contributed by atoms with E-state index in [4.69, 9.17) is 0 Å². The number of hydrazone groups is 1. The second kappa shape index (κ2) is 8.05. The summed E-state index contributed by atoms with van der Waals surface area (Å²) in [4.78, 5) is 12.4. The summed E-state index contributed by atoms with van der Waals surface area (Å²) in [6.45, 7) is 2.16. The van der Waals surface area contributed by atoms with Gasteiger partial charge in [0.2, 0.25) is 5.91 Å². The van der Waals surface area contributed by atoms with E-state index in [-0.39, 0.29) is 5.91 Å². The van der Waals surface area contributed by atoms with Crippen molar-refractivity contribution < 1.29 is 4.79 Å². The molecule has 0 radical (unpaired) electrons. The molecule has 0 aliphatic rings. The molecule has 16 heavy (non-hydrogen) atoms. The molecule has 1 aromatic rings. The molecular weight excluding hydrogens is 220 g/mol. The van der Waals surface area contributed by atoms with Crippen molar-refractivity contribution >= 4 is 23.5 Å². The summed E-state index contributed by atoms with van der Waals surface area (Å²) in [6, 6.07) is 3.92. The number of amides is 1. The van der Waals surface area contributed by atoms with Gasteiger partial charge >= 0.3 is 0 Å². The summed E-state index contributed by atoms with van der Waals surface area (Å²) < 4.78 is 0. The lowest BCUT2D eigenvalue weighted by atomic mass is 10.1. The van der Waals surface area contributed by atoms with E-state index in [1.54, 1.807) is 17.6 Å². The van der Waals surface area contributed by atoms with E-state index in [1.165, 1.54) is 12.8 Å². The molecule has 0 saturated carbocycles. The molecule has 1 heterocycles. The van der Waals surface area contributed by atoms with Gasteiger partial charge in [0.1, 0.15) is 0 Å². The molecule has 88 valence electrons. The van der Waals surface area contributed by atoms with Gasteiger partial charge in [-0.25, -0.2) is 5.43 Å². The minimum Gasteiger partial charge on any atom is -0.273 e. The monoisotopic (exact) mass is 238 g/mol. The first-order valence-electron chi connectivity index (χ1n) is 5.68. The van der Waals surface area contributed by atoms with E-state index in [0.29, 0.717) is 6.42 Å². The van der Waals surface area contributed by atoms with Crippen molar-refractivity contribution in [2.24, 2.45) is 5.10 Å². The van der Waals surface area contributed by atoms with Gasteiger partial charge in [0.05, 0.1) is 6.21 Å². The maximum absolute atomic E-state index is 11.3. The third-order valence-electron chi connectivity index (χ3n) is 2.18. The van der Waals surface area contributed by atoms with Gasteiger partial charge in [-0.05, 0) is 17.9 Å². The molecular formula is C12H18N2OS. The van der Waals surface area contributed by atoms with Gasteiger partial charge in [-0.1, -0.05) is 32.3 Å². The number of nitrogens with one attached hydrogen (secondary N) is 1. The molecule has 0 aromatic carbocycles. The third kappa shape index (κ3) is 5.66. The highest BCUT2D eigenvalue weighted by atomic mass is 32.1. The number of thiophene rings is 1. The summed E-state index contributed by atoms with van der Waals surface area (Å²) in [7, 11) is 0. The van der Waals surface area contributed by atoms with Crippen LogP contribution in [-0.2, 0) is 4.79 Å². The number of hydrogen-bond acceptors (Lipinski definition) is 3. The van der Waals surface area contributed by atoms with Crippen molar-refractivity contribution in [1.29, 1.82) is 0 Å². The maximum atomic E-state index is 11.3. The van der Waals surface area contributed by atoms with Gasteiger partial charge in [-0.3, -0.25) is 4.79 Å². The van der Waals surface area contributed by atoms with Crippen molar-refractivity contribution in [1.82, 2.24) is 5.43 Å². The molecule has 4 heteroatoms. The molecule has 3 nitrogen and oxygen atoms in total. The maximum Gasteiger partial charge on any atom is 0.240 e. The van der Waals surface area contributed by atoms with Crippen molar-refractivity contribution in [3.63, 3.8) is 0 Å². The Balaban J connectivity index is 2.10. The average Bonchev–Trinajstić information content (AvgIpc) is 2.77. The molecule has 0 aliphatic carbocycles. The van der Waals surface area contributed by atoms with E-state index < -0.39 is 0 Å². The summed E-state index contributed by atoms with van der Waals surface area (Å²) in [5, 5.41) is 5.88. The summed E-state index contributed by atoms with van der Waals surface area (Å²) in [6.07, 6.45) is 6.72. The zero-order valence-electron chi connectivity index (χ0n) is 9.61. The molecule has 1 aromatic heterocycles. The Bertz CT molecular complexity index is 320. The zero-order valence-corrected chi connectivity index (χ0v) is 10.4. The van der Waals surface area contributed by atoms with E-state index in [1.807, 2.05) is 17.5 Å². The van der Waals surface area contributed by atoms with Crippen LogP contribution in [0.25, 0.3) is 0 Å². The van der Waals surface area contributed by atoms with E-state index in [2.05, 4.69) is 17.5 Å². The Hall–Kier alpha value is -1.16. The second-order valence-electron chi connectivity index (χ2n) is 3.62. The fourth-order valence-electron chi connectivity index (χ4n) is 1.30. The molecule has 0 unspecified atom stereocenters. The normalized spacial score (nSPS) is 10.8. The first kappa shape index (κ1) is 12.9. The molecule has 1 N–H and O–H groups in total. The van der Waals surface area contributed by atoms with Crippen LogP contribution in [0.1, 0.15) is 43.9 Å². The van der Waals surface area contributed by atoms with Crippen LogP contribution >= 0.6 is 11.3 Å². The van der Waals surface area contributed by atoms with Crippen molar-refractivity contribution in [2.75, 3.05) is 0 Å². The highest BCUT2D eigenvalue weighted by Crippen LogP contribution is 2.04. The largest absolute Gasteiger partial charge is 0.273 e. The van der Waals surface area contributed by atoms with Crippen molar-refractivity contribution in [3.05, 3.63) is 22.4 Å². The quantitative estimate of drug-likeness (QED) is 0.442. The Labute approximate surface area is 101 Å². The SMILES string of the molecule is CCCCCCC(=O)N/N=C/c1cccs1. The number of carbonyl (C=O) groups excluding carboxylic acids is 1. The fraction of sp³-hybridized carbons (Fsp3) is 0.500. The van der Waals surface area contributed by atoms with Gasteiger partial charge in [0.15, 0.2) is 0 Å². The first-order chi connectivity index (χ1) is 7.83. The standard InChI is InChI=1S/C12H18N2OS/c1-2-3-4-5-8-12(15)14-13-10-11-7-6-9-16-11/h6-7,9-10H,2-5,8H2,1H3,(H,14,15)/b13-10+. The Kier molecular flexibility index (Phi) is 6.49. The van der Waals surface area contributed by atoms with Crippen LogP contribution in [-0.4, -0.2) is 12.1 Å². The van der Waals surface area contributed by atoms with Gasteiger partial charge in [-0.15, -0.1) is 11.3 Å². The lowest BCUT2D eigenvalue weighted by Crippen LogP contribution is -2.16. The number of carbonyl (C=O) groups is 1. The molecule has 0 fully saturated rings. The predicted octanol–water partition coefficient (Wildman–Crippen LogP) is 3.17. The Morgan fingerprint density at radius 1 is 1.50 bits per heavy atom. The number of nitrogens with zero attached hydrogens (tertiary/aromatic N) is 1. The summed E-state index contributed by atoms with van der Waals surface area (Å²) in [5.74, 6) is 0.00362. The van der Waals surface area contributed by atoms with E-state index in [9.17, 15) is 4.79 Å². The lowest BCUT2D eigenvalue weighted by Gasteiger charge is -1.98. The number of unbranched alkanes of at least 4 members (excludes halogenated alkanes) is 3. The fourth-order valence-corrected chi connectivity index (χ4v) is 1.89.